The van der Waals surface area contributed by atoms with Crippen molar-refractivity contribution >= 4 is 28.8 Å². The standard InChI is InChI=1S/C24H25ClN2O/c1-16-5-3-8-22(16)23(13-17(2)19-6-4-7-20(25)15-19)27-21-11-9-18(10-12-21)14-24(26)28/h4,6-7,9-13,15,27H,1,3,5,8,14H2,2H3,(H2,26,28)/b17-13+,23-22+. The molecule has 3 nitrogen and oxygen atoms in total. The zero-order valence-corrected chi connectivity index (χ0v) is 16.9. The van der Waals surface area contributed by atoms with Crippen LogP contribution in [0.4, 0.5) is 5.69 Å². The van der Waals surface area contributed by atoms with Crippen molar-refractivity contribution in [2.45, 2.75) is 32.6 Å². The number of hydrogen-bond donors (Lipinski definition) is 2. The lowest BCUT2D eigenvalue weighted by molar-refractivity contribution is -0.117. The molecule has 28 heavy (non-hydrogen) atoms. The van der Waals surface area contributed by atoms with Gasteiger partial charge in [0.15, 0.2) is 0 Å². The maximum Gasteiger partial charge on any atom is 0.221 e. The Morgan fingerprint density at radius 1 is 1.21 bits per heavy atom. The molecule has 0 aromatic heterocycles. The largest absolute Gasteiger partial charge is 0.369 e. The van der Waals surface area contributed by atoms with Crippen molar-refractivity contribution in [2.75, 3.05) is 5.32 Å². The summed E-state index contributed by atoms with van der Waals surface area (Å²) in [5.41, 5.74) is 12.9. The summed E-state index contributed by atoms with van der Waals surface area (Å²) in [6, 6.07) is 15.7. The van der Waals surface area contributed by atoms with Gasteiger partial charge in [-0.25, -0.2) is 0 Å². The Bertz CT molecular complexity index is 955. The van der Waals surface area contributed by atoms with Gasteiger partial charge in [-0.05, 0) is 84.4 Å². The molecule has 3 rings (SSSR count). The minimum absolute atomic E-state index is 0.249. The maximum absolute atomic E-state index is 11.1. The van der Waals surface area contributed by atoms with Crippen LogP contribution in [0.2, 0.25) is 5.02 Å². The summed E-state index contributed by atoms with van der Waals surface area (Å²) in [7, 11) is 0. The van der Waals surface area contributed by atoms with E-state index in [1.54, 1.807) is 0 Å². The highest BCUT2D eigenvalue weighted by Crippen LogP contribution is 2.33. The highest BCUT2D eigenvalue weighted by Gasteiger charge is 2.16. The molecule has 0 unspecified atom stereocenters. The number of carbonyl (C=O) groups is 1. The average Bonchev–Trinajstić information content (AvgIpc) is 3.08. The average molecular weight is 393 g/mol. The van der Waals surface area contributed by atoms with Crippen LogP contribution < -0.4 is 11.1 Å². The molecular weight excluding hydrogens is 368 g/mol. The van der Waals surface area contributed by atoms with Crippen molar-refractivity contribution in [3.8, 4) is 0 Å². The fourth-order valence-corrected chi connectivity index (χ4v) is 3.62. The van der Waals surface area contributed by atoms with E-state index in [0.717, 1.165) is 52.4 Å². The molecule has 2 aromatic rings. The first-order chi connectivity index (χ1) is 13.4. The first-order valence-electron chi connectivity index (χ1n) is 9.42. The van der Waals surface area contributed by atoms with Gasteiger partial charge in [-0.3, -0.25) is 4.79 Å². The number of nitrogens with one attached hydrogen (secondary N) is 1. The normalized spacial score (nSPS) is 16.2. The van der Waals surface area contributed by atoms with Crippen molar-refractivity contribution in [1.82, 2.24) is 0 Å². The molecule has 0 heterocycles. The molecule has 1 aliphatic carbocycles. The summed E-state index contributed by atoms with van der Waals surface area (Å²) in [5.74, 6) is -0.328. The highest BCUT2D eigenvalue weighted by molar-refractivity contribution is 6.30. The van der Waals surface area contributed by atoms with E-state index in [4.69, 9.17) is 17.3 Å². The fraction of sp³-hybridized carbons (Fsp3) is 0.208. The van der Waals surface area contributed by atoms with E-state index in [2.05, 4.69) is 31.0 Å². The van der Waals surface area contributed by atoms with E-state index in [9.17, 15) is 4.79 Å². The minimum Gasteiger partial charge on any atom is -0.369 e. The first-order valence-corrected chi connectivity index (χ1v) is 9.80. The molecule has 1 fully saturated rings. The summed E-state index contributed by atoms with van der Waals surface area (Å²) in [4.78, 5) is 11.1. The Morgan fingerprint density at radius 2 is 1.96 bits per heavy atom. The molecule has 0 atom stereocenters. The van der Waals surface area contributed by atoms with Crippen molar-refractivity contribution < 1.29 is 4.79 Å². The number of allylic oxidation sites excluding steroid dienone is 4. The Balaban J connectivity index is 1.91. The number of anilines is 1. The van der Waals surface area contributed by atoms with Crippen LogP contribution in [0, 0.1) is 0 Å². The van der Waals surface area contributed by atoms with Gasteiger partial charge in [0.05, 0.1) is 6.42 Å². The van der Waals surface area contributed by atoms with Gasteiger partial charge < -0.3 is 11.1 Å². The second-order valence-corrected chi connectivity index (χ2v) is 7.59. The molecule has 3 N–H and O–H groups in total. The van der Waals surface area contributed by atoms with Crippen LogP contribution >= 0.6 is 11.6 Å². The fourth-order valence-electron chi connectivity index (χ4n) is 3.43. The van der Waals surface area contributed by atoms with Gasteiger partial charge in [0.25, 0.3) is 0 Å². The third kappa shape index (κ3) is 5.14. The Labute approximate surface area is 171 Å². The molecule has 0 radical (unpaired) electrons. The van der Waals surface area contributed by atoms with E-state index in [1.807, 2.05) is 42.5 Å². The number of halogens is 1. The molecule has 0 spiro atoms. The second-order valence-electron chi connectivity index (χ2n) is 7.15. The summed E-state index contributed by atoms with van der Waals surface area (Å²) in [6.07, 6.45) is 5.58. The van der Waals surface area contributed by atoms with Crippen LogP contribution in [0.25, 0.3) is 5.57 Å². The second kappa shape index (κ2) is 8.94. The van der Waals surface area contributed by atoms with Crippen molar-refractivity contribution in [1.29, 1.82) is 0 Å². The number of nitrogens with two attached hydrogens (primary N) is 1. The van der Waals surface area contributed by atoms with Gasteiger partial charge in [-0.2, -0.15) is 0 Å². The molecule has 2 aromatic carbocycles. The van der Waals surface area contributed by atoms with E-state index in [0.29, 0.717) is 0 Å². The highest BCUT2D eigenvalue weighted by atomic mass is 35.5. The third-order valence-electron chi connectivity index (χ3n) is 4.91. The van der Waals surface area contributed by atoms with Gasteiger partial charge >= 0.3 is 0 Å². The smallest absolute Gasteiger partial charge is 0.221 e. The Hall–Kier alpha value is -2.78. The lowest BCUT2D eigenvalue weighted by Crippen LogP contribution is -2.13. The summed E-state index contributed by atoms with van der Waals surface area (Å²) < 4.78 is 0. The van der Waals surface area contributed by atoms with Gasteiger partial charge in [-0.1, -0.05) is 42.4 Å². The maximum atomic E-state index is 11.1. The minimum atomic E-state index is -0.328. The molecule has 1 saturated carbocycles. The topological polar surface area (TPSA) is 55.1 Å². The molecular formula is C24H25ClN2O. The number of amides is 1. The molecule has 0 saturated heterocycles. The van der Waals surface area contributed by atoms with E-state index >= 15 is 0 Å². The monoisotopic (exact) mass is 392 g/mol. The Kier molecular flexibility index (Phi) is 6.37. The van der Waals surface area contributed by atoms with Gasteiger partial charge in [0.1, 0.15) is 0 Å². The van der Waals surface area contributed by atoms with E-state index in [1.165, 1.54) is 11.1 Å². The van der Waals surface area contributed by atoms with Gasteiger partial charge in [0.2, 0.25) is 5.91 Å². The predicted molar refractivity (Wildman–Crippen MR) is 118 cm³/mol. The number of benzene rings is 2. The lowest BCUT2D eigenvalue weighted by Gasteiger charge is -2.14. The molecule has 1 amide bonds. The lowest BCUT2D eigenvalue weighted by atomic mass is 10.0. The van der Waals surface area contributed by atoms with E-state index < -0.39 is 0 Å². The van der Waals surface area contributed by atoms with Crippen LogP contribution in [-0.2, 0) is 11.2 Å². The summed E-state index contributed by atoms with van der Waals surface area (Å²) in [6.45, 7) is 6.32. The van der Waals surface area contributed by atoms with Crippen molar-refractivity contribution in [2.24, 2.45) is 5.73 Å². The zero-order chi connectivity index (χ0) is 20.1. The van der Waals surface area contributed by atoms with E-state index in [-0.39, 0.29) is 12.3 Å². The molecule has 0 bridgehead atoms. The summed E-state index contributed by atoms with van der Waals surface area (Å²) >= 11 is 6.15. The van der Waals surface area contributed by atoms with Crippen LogP contribution in [0.3, 0.4) is 0 Å². The number of rotatable bonds is 6. The number of primary amides is 1. The van der Waals surface area contributed by atoms with Crippen LogP contribution in [0.1, 0.15) is 37.3 Å². The molecule has 144 valence electrons. The van der Waals surface area contributed by atoms with Crippen molar-refractivity contribution in [3.63, 3.8) is 0 Å². The third-order valence-corrected chi connectivity index (χ3v) is 5.14. The zero-order valence-electron chi connectivity index (χ0n) is 16.1. The van der Waals surface area contributed by atoms with Gasteiger partial charge in [0, 0.05) is 16.4 Å². The van der Waals surface area contributed by atoms with Crippen LogP contribution in [-0.4, -0.2) is 5.91 Å². The number of hydrogen-bond acceptors (Lipinski definition) is 2. The van der Waals surface area contributed by atoms with Crippen LogP contribution in [0.15, 0.2) is 78.0 Å². The van der Waals surface area contributed by atoms with Gasteiger partial charge in [-0.15, -0.1) is 0 Å². The first kappa shape index (κ1) is 20.0. The molecule has 1 aliphatic rings. The summed E-state index contributed by atoms with van der Waals surface area (Å²) in [5, 5.41) is 4.27. The predicted octanol–water partition coefficient (Wildman–Crippen LogP) is 5.88. The number of carbonyl (C=O) groups excluding carboxylic acids is 1. The van der Waals surface area contributed by atoms with Crippen molar-refractivity contribution in [3.05, 3.63) is 94.2 Å². The SMILES string of the molecule is C=C1CCC/C1=C(/C=C(\C)c1cccc(Cl)c1)Nc1ccc(CC(N)=O)cc1. The molecule has 4 heteroatoms. The molecule has 0 aliphatic heterocycles. The van der Waals surface area contributed by atoms with Crippen LogP contribution in [0.5, 0.6) is 0 Å². The quantitative estimate of drug-likeness (QED) is 0.645. The Morgan fingerprint density at radius 3 is 2.57 bits per heavy atom.